The number of amides is 1. The maximum atomic E-state index is 12.3. The number of carbonyl (C=O) groups is 1. The minimum Gasteiger partial charge on any atom is -0.385 e. The van der Waals surface area contributed by atoms with Gasteiger partial charge in [-0.05, 0) is 30.2 Å². The maximum absolute atomic E-state index is 12.3. The highest BCUT2D eigenvalue weighted by molar-refractivity contribution is 6.53. The number of nitrogens with zero attached hydrogens (tertiary/aromatic N) is 2. The molecule has 136 valence electrons. The smallest absolute Gasteiger partial charge is 0.256 e. The molecule has 4 nitrogen and oxygen atoms in total. The van der Waals surface area contributed by atoms with Gasteiger partial charge in [-0.3, -0.25) is 4.79 Å². The van der Waals surface area contributed by atoms with Gasteiger partial charge in [0.2, 0.25) is 0 Å². The summed E-state index contributed by atoms with van der Waals surface area (Å²) in [6.07, 6.45) is 2.68. The molecule has 1 heterocycles. The summed E-state index contributed by atoms with van der Waals surface area (Å²) in [4.78, 5) is 12.9. The molecule has 2 rings (SSSR count). The van der Waals surface area contributed by atoms with Crippen molar-refractivity contribution in [3.05, 3.63) is 58.9 Å². The van der Waals surface area contributed by atoms with E-state index in [0.717, 1.165) is 16.3 Å². The molecule has 0 fully saturated rings. The molecule has 0 aliphatic rings. The zero-order valence-electron chi connectivity index (χ0n) is 14.0. The molecule has 0 saturated heterocycles. The van der Waals surface area contributed by atoms with Crippen molar-refractivity contribution in [3.8, 4) is 0 Å². The van der Waals surface area contributed by atoms with E-state index in [1.807, 2.05) is 42.6 Å². The summed E-state index contributed by atoms with van der Waals surface area (Å²) in [6, 6.07) is 11.6. The number of methoxy groups -OCH3 is 1. The first kappa shape index (κ1) is 20.1. The first-order chi connectivity index (χ1) is 12.0. The number of hydrogen-bond acceptors (Lipinski definition) is 2. The number of ether oxygens (including phenoxy) is 1. The predicted octanol–water partition coefficient (Wildman–Crippen LogP) is 4.36. The Bertz CT molecular complexity index is 688. The average Bonchev–Trinajstić information content (AvgIpc) is 3.02. The van der Waals surface area contributed by atoms with E-state index in [-0.39, 0.29) is 5.91 Å². The zero-order chi connectivity index (χ0) is 18.2. The molecule has 0 N–H and O–H groups in total. The molecule has 1 amide bonds. The number of carbonyl (C=O) groups excluding carboxylic acids is 1. The lowest BCUT2D eigenvalue weighted by atomic mass is 10.2. The van der Waals surface area contributed by atoms with E-state index in [1.54, 1.807) is 12.0 Å². The third-order valence-electron chi connectivity index (χ3n) is 3.85. The summed E-state index contributed by atoms with van der Waals surface area (Å²) in [7, 11) is 1.63. The summed E-state index contributed by atoms with van der Waals surface area (Å²) >= 11 is 17.8. The molecule has 0 atom stereocenters. The van der Waals surface area contributed by atoms with Crippen molar-refractivity contribution in [1.29, 1.82) is 0 Å². The Morgan fingerprint density at radius 3 is 2.68 bits per heavy atom. The Kier molecular flexibility index (Phi) is 8.10. The molecule has 0 saturated carbocycles. The van der Waals surface area contributed by atoms with E-state index in [9.17, 15) is 4.79 Å². The molecule has 2 aromatic rings. The zero-order valence-corrected chi connectivity index (χ0v) is 16.3. The standard InChI is InChI=1S/C18H21Cl3N2O2/c1-25-11-5-10-23(18(24)17(20)21)13-15-7-4-9-22(15)12-14-6-2-3-8-16(14)19/h2-4,6-9,17H,5,10-13H2,1H3. The fourth-order valence-corrected chi connectivity index (χ4v) is 3.03. The molecule has 1 aromatic heterocycles. The molecular weight excluding hydrogens is 383 g/mol. The Morgan fingerprint density at radius 1 is 1.24 bits per heavy atom. The van der Waals surface area contributed by atoms with Crippen molar-refractivity contribution in [2.75, 3.05) is 20.3 Å². The topological polar surface area (TPSA) is 34.5 Å². The van der Waals surface area contributed by atoms with Crippen molar-refractivity contribution < 1.29 is 9.53 Å². The highest BCUT2D eigenvalue weighted by atomic mass is 35.5. The van der Waals surface area contributed by atoms with Crippen LogP contribution in [0.5, 0.6) is 0 Å². The van der Waals surface area contributed by atoms with E-state index in [0.29, 0.717) is 32.7 Å². The summed E-state index contributed by atoms with van der Waals surface area (Å²) < 4.78 is 7.12. The number of aromatic nitrogens is 1. The second-order valence-corrected chi connectivity index (χ2v) is 7.13. The molecular formula is C18H21Cl3N2O2. The van der Waals surface area contributed by atoms with Crippen molar-refractivity contribution in [2.24, 2.45) is 0 Å². The van der Waals surface area contributed by atoms with Gasteiger partial charge in [0.15, 0.2) is 4.84 Å². The molecule has 0 unspecified atom stereocenters. The SMILES string of the molecule is COCCCN(Cc1cccn1Cc1ccccc1Cl)C(=O)C(Cl)Cl. The van der Waals surface area contributed by atoms with Crippen LogP contribution in [0.25, 0.3) is 0 Å². The lowest BCUT2D eigenvalue weighted by molar-refractivity contribution is -0.130. The molecule has 1 aromatic carbocycles. The van der Waals surface area contributed by atoms with Crippen LogP contribution in [0.1, 0.15) is 17.7 Å². The van der Waals surface area contributed by atoms with Crippen LogP contribution in [0.15, 0.2) is 42.6 Å². The van der Waals surface area contributed by atoms with Crippen LogP contribution < -0.4 is 0 Å². The third-order valence-corrected chi connectivity index (χ3v) is 4.59. The van der Waals surface area contributed by atoms with Crippen molar-refractivity contribution in [2.45, 2.75) is 24.3 Å². The number of hydrogen-bond donors (Lipinski definition) is 0. The van der Waals surface area contributed by atoms with Gasteiger partial charge >= 0.3 is 0 Å². The molecule has 0 aliphatic heterocycles. The molecule has 0 bridgehead atoms. The normalized spacial score (nSPS) is 11.1. The second kappa shape index (κ2) is 10.1. The minimum atomic E-state index is -1.07. The lowest BCUT2D eigenvalue weighted by Crippen LogP contribution is -2.36. The first-order valence-corrected chi connectivity index (χ1v) is 9.21. The van der Waals surface area contributed by atoms with E-state index in [4.69, 9.17) is 39.5 Å². The summed E-state index contributed by atoms with van der Waals surface area (Å²) in [5.74, 6) is -0.301. The van der Waals surface area contributed by atoms with E-state index < -0.39 is 4.84 Å². The number of halogens is 3. The van der Waals surface area contributed by atoms with Crippen molar-refractivity contribution in [3.63, 3.8) is 0 Å². The van der Waals surface area contributed by atoms with Crippen LogP contribution >= 0.6 is 34.8 Å². The van der Waals surface area contributed by atoms with Crippen molar-refractivity contribution in [1.82, 2.24) is 9.47 Å². The number of rotatable bonds is 9. The van der Waals surface area contributed by atoms with Gasteiger partial charge in [0.05, 0.1) is 6.54 Å². The van der Waals surface area contributed by atoms with Crippen LogP contribution in [0.2, 0.25) is 5.02 Å². The van der Waals surface area contributed by atoms with Gasteiger partial charge in [-0.25, -0.2) is 0 Å². The van der Waals surface area contributed by atoms with Gasteiger partial charge in [-0.2, -0.15) is 0 Å². The number of benzene rings is 1. The van der Waals surface area contributed by atoms with Gasteiger partial charge in [-0.1, -0.05) is 53.0 Å². The fourth-order valence-electron chi connectivity index (χ4n) is 2.56. The van der Waals surface area contributed by atoms with Gasteiger partial charge in [0.25, 0.3) is 5.91 Å². The first-order valence-electron chi connectivity index (χ1n) is 7.96. The monoisotopic (exact) mass is 402 g/mol. The predicted molar refractivity (Wildman–Crippen MR) is 102 cm³/mol. The van der Waals surface area contributed by atoms with Crippen molar-refractivity contribution >= 4 is 40.7 Å². The Hall–Kier alpha value is -1.20. The van der Waals surface area contributed by atoms with E-state index >= 15 is 0 Å². The minimum absolute atomic E-state index is 0.301. The molecule has 25 heavy (non-hydrogen) atoms. The number of alkyl halides is 2. The maximum Gasteiger partial charge on any atom is 0.256 e. The van der Waals surface area contributed by atoms with E-state index in [2.05, 4.69) is 4.57 Å². The molecule has 0 spiro atoms. The highest BCUT2D eigenvalue weighted by Gasteiger charge is 2.21. The van der Waals surface area contributed by atoms with Crippen LogP contribution in [0, 0.1) is 0 Å². The lowest BCUT2D eigenvalue weighted by Gasteiger charge is -2.24. The van der Waals surface area contributed by atoms with E-state index in [1.165, 1.54) is 0 Å². The summed E-state index contributed by atoms with van der Waals surface area (Å²) in [5.41, 5.74) is 2.01. The van der Waals surface area contributed by atoms with Gasteiger partial charge in [-0.15, -0.1) is 0 Å². The van der Waals surface area contributed by atoms with Crippen LogP contribution in [-0.2, 0) is 22.6 Å². The van der Waals surface area contributed by atoms with Gasteiger partial charge in [0, 0.05) is 43.7 Å². The molecule has 0 aliphatic carbocycles. The van der Waals surface area contributed by atoms with Gasteiger partial charge < -0.3 is 14.2 Å². The van der Waals surface area contributed by atoms with Crippen LogP contribution in [0.4, 0.5) is 0 Å². The molecule has 7 heteroatoms. The highest BCUT2D eigenvalue weighted by Crippen LogP contribution is 2.19. The Morgan fingerprint density at radius 2 is 2.00 bits per heavy atom. The van der Waals surface area contributed by atoms with Crippen LogP contribution in [0.3, 0.4) is 0 Å². The quantitative estimate of drug-likeness (QED) is 0.460. The second-order valence-electron chi connectivity index (χ2n) is 5.63. The summed E-state index contributed by atoms with van der Waals surface area (Å²) in [6.45, 7) is 2.16. The summed E-state index contributed by atoms with van der Waals surface area (Å²) in [5, 5.41) is 0.719. The fraction of sp³-hybridized carbons (Fsp3) is 0.389. The average molecular weight is 404 g/mol. The largest absolute Gasteiger partial charge is 0.385 e. The Labute approximate surface area is 163 Å². The Balaban J connectivity index is 2.12. The van der Waals surface area contributed by atoms with Crippen LogP contribution in [-0.4, -0.2) is 40.5 Å². The third kappa shape index (κ3) is 5.93. The molecule has 0 radical (unpaired) electrons. The van der Waals surface area contributed by atoms with Gasteiger partial charge in [0.1, 0.15) is 0 Å².